The van der Waals surface area contributed by atoms with Crippen molar-refractivity contribution < 1.29 is 19.1 Å². The van der Waals surface area contributed by atoms with Gasteiger partial charge in [0.05, 0.1) is 23.9 Å². The Morgan fingerprint density at radius 1 is 1.21 bits per heavy atom. The normalized spacial score (nSPS) is 10.8. The van der Waals surface area contributed by atoms with Crippen molar-refractivity contribution >= 4 is 28.5 Å². The minimum Gasteiger partial charge on any atom is -0.490 e. The summed E-state index contributed by atoms with van der Waals surface area (Å²) in [7, 11) is 1.37. The molecule has 0 aliphatic carbocycles. The van der Waals surface area contributed by atoms with Crippen LogP contribution in [0.1, 0.15) is 5.56 Å². The first-order valence-electron chi connectivity index (χ1n) is 7.12. The molecule has 1 N–H and O–H groups in total. The van der Waals surface area contributed by atoms with E-state index in [1.165, 1.54) is 7.11 Å². The third-order valence-corrected chi connectivity index (χ3v) is 3.95. The van der Waals surface area contributed by atoms with Gasteiger partial charge in [-0.1, -0.05) is 35.9 Å². The Kier molecular flexibility index (Phi) is 4.27. The van der Waals surface area contributed by atoms with Crippen molar-refractivity contribution in [2.24, 2.45) is 0 Å². The molecule has 1 heterocycles. The maximum Gasteiger partial charge on any atom is 0.307 e. The minimum atomic E-state index is -1.01. The number of carboxylic acid groups (broad SMARTS) is 1. The number of ether oxygens (including phenoxy) is 1. The SMILES string of the molecule is COc1c(-c2ccccc2Cl)oc2c(CC(=O)O)cccc2c1=O. The van der Waals surface area contributed by atoms with E-state index < -0.39 is 5.97 Å². The van der Waals surface area contributed by atoms with Crippen LogP contribution in [-0.2, 0) is 11.2 Å². The lowest BCUT2D eigenvalue weighted by Crippen LogP contribution is -2.09. The van der Waals surface area contributed by atoms with E-state index in [1.54, 1.807) is 42.5 Å². The Labute approximate surface area is 142 Å². The van der Waals surface area contributed by atoms with Gasteiger partial charge in [-0.15, -0.1) is 0 Å². The van der Waals surface area contributed by atoms with Crippen molar-refractivity contribution in [3.05, 3.63) is 63.3 Å². The van der Waals surface area contributed by atoms with Gasteiger partial charge in [-0.2, -0.15) is 0 Å². The van der Waals surface area contributed by atoms with Crippen LogP contribution in [-0.4, -0.2) is 18.2 Å². The molecule has 0 bridgehead atoms. The van der Waals surface area contributed by atoms with Crippen LogP contribution in [0.5, 0.6) is 5.75 Å². The molecule has 0 saturated heterocycles. The van der Waals surface area contributed by atoms with E-state index in [1.807, 2.05) is 0 Å². The third-order valence-electron chi connectivity index (χ3n) is 3.62. The number of para-hydroxylation sites is 1. The number of carboxylic acids is 1. The largest absolute Gasteiger partial charge is 0.490 e. The van der Waals surface area contributed by atoms with Crippen LogP contribution >= 0.6 is 11.6 Å². The number of halogens is 1. The highest BCUT2D eigenvalue weighted by molar-refractivity contribution is 6.33. The van der Waals surface area contributed by atoms with Gasteiger partial charge in [0.25, 0.3) is 0 Å². The van der Waals surface area contributed by atoms with E-state index in [9.17, 15) is 9.59 Å². The highest BCUT2D eigenvalue weighted by atomic mass is 35.5. The van der Waals surface area contributed by atoms with Crippen molar-refractivity contribution in [1.82, 2.24) is 0 Å². The minimum absolute atomic E-state index is 0.0306. The Balaban J connectivity index is 2.39. The molecule has 122 valence electrons. The number of carbonyl (C=O) groups is 1. The average molecular weight is 345 g/mol. The van der Waals surface area contributed by atoms with Crippen molar-refractivity contribution in [3.8, 4) is 17.1 Å². The van der Waals surface area contributed by atoms with Crippen molar-refractivity contribution in [2.75, 3.05) is 7.11 Å². The summed E-state index contributed by atoms with van der Waals surface area (Å²) in [5.41, 5.74) is 0.759. The molecule has 2 aromatic carbocycles. The molecule has 3 rings (SSSR count). The Hall–Kier alpha value is -2.79. The zero-order chi connectivity index (χ0) is 17.3. The van der Waals surface area contributed by atoms with Crippen LogP contribution in [0.4, 0.5) is 0 Å². The molecule has 5 nitrogen and oxygen atoms in total. The lowest BCUT2D eigenvalue weighted by molar-refractivity contribution is -0.136. The van der Waals surface area contributed by atoms with Gasteiger partial charge in [-0.05, 0) is 18.2 Å². The van der Waals surface area contributed by atoms with Crippen LogP contribution in [0.3, 0.4) is 0 Å². The molecule has 0 unspecified atom stereocenters. The molecule has 0 spiro atoms. The fraction of sp³-hybridized carbons (Fsp3) is 0.111. The van der Waals surface area contributed by atoms with Crippen molar-refractivity contribution in [2.45, 2.75) is 6.42 Å². The zero-order valence-electron chi connectivity index (χ0n) is 12.7. The van der Waals surface area contributed by atoms with E-state index in [0.29, 0.717) is 16.1 Å². The smallest absolute Gasteiger partial charge is 0.307 e. The molecule has 0 radical (unpaired) electrons. The Bertz CT molecular complexity index is 990. The molecule has 0 aliphatic heterocycles. The molecular weight excluding hydrogens is 332 g/mol. The monoisotopic (exact) mass is 344 g/mol. The highest BCUT2D eigenvalue weighted by Gasteiger charge is 2.20. The second kappa shape index (κ2) is 6.37. The lowest BCUT2D eigenvalue weighted by atomic mass is 10.1. The number of aliphatic carboxylic acids is 1. The van der Waals surface area contributed by atoms with Crippen molar-refractivity contribution in [3.63, 3.8) is 0 Å². The summed E-state index contributed by atoms with van der Waals surface area (Å²) in [5.74, 6) is -0.804. The third kappa shape index (κ3) is 2.74. The number of benzene rings is 2. The predicted molar refractivity (Wildman–Crippen MR) is 90.8 cm³/mol. The van der Waals surface area contributed by atoms with E-state index in [4.69, 9.17) is 25.9 Å². The summed E-state index contributed by atoms with van der Waals surface area (Å²) < 4.78 is 11.1. The first-order chi connectivity index (χ1) is 11.5. The van der Waals surface area contributed by atoms with Crippen LogP contribution < -0.4 is 10.2 Å². The number of rotatable bonds is 4. The topological polar surface area (TPSA) is 76.7 Å². The van der Waals surface area contributed by atoms with Gasteiger partial charge in [0.2, 0.25) is 11.2 Å². The van der Waals surface area contributed by atoms with Gasteiger partial charge in [-0.25, -0.2) is 0 Å². The van der Waals surface area contributed by atoms with E-state index in [-0.39, 0.29) is 34.3 Å². The molecule has 24 heavy (non-hydrogen) atoms. The summed E-state index contributed by atoms with van der Waals surface area (Å²) in [6, 6.07) is 11.7. The van der Waals surface area contributed by atoms with Crippen LogP contribution in [0.2, 0.25) is 5.02 Å². The Morgan fingerprint density at radius 3 is 2.62 bits per heavy atom. The lowest BCUT2D eigenvalue weighted by Gasteiger charge is -2.11. The molecule has 6 heteroatoms. The first kappa shape index (κ1) is 16.1. The van der Waals surface area contributed by atoms with Crippen LogP contribution in [0.25, 0.3) is 22.3 Å². The summed E-state index contributed by atoms with van der Waals surface area (Å²) in [6.45, 7) is 0. The molecule has 0 saturated carbocycles. The van der Waals surface area contributed by atoms with Gasteiger partial charge in [0, 0.05) is 11.1 Å². The van der Waals surface area contributed by atoms with Gasteiger partial charge in [0.1, 0.15) is 5.58 Å². The second-order valence-electron chi connectivity index (χ2n) is 5.14. The average Bonchev–Trinajstić information content (AvgIpc) is 2.55. The molecule has 0 amide bonds. The highest BCUT2D eigenvalue weighted by Crippen LogP contribution is 2.35. The zero-order valence-corrected chi connectivity index (χ0v) is 13.5. The molecule has 0 fully saturated rings. The van der Waals surface area contributed by atoms with Gasteiger partial charge in [-0.3, -0.25) is 9.59 Å². The predicted octanol–water partition coefficient (Wildman–Crippen LogP) is 3.75. The van der Waals surface area contributed by atoms with Crippen LogP contribution in [0.15, 0.2) is 51.7 Å². The van der Waals surface area contributed by atoms with Gasteiger partial charge in [0.15, 0.2) is 5.76 Å². The van der Waals surface area contributed by atoms with Gasteiger partial charge < -0.3 is 14.3 Å². The van der Waals surface area contributed by atoms with Gasteiger partial charge >= 0.3 is 5.97 Å². The number of fused-ring (bicyclic) bond motifs is 1. The maximum absolute atomic E-state index is 12.7. The quantitative estimate of drug-likeness (QED) is 0.780. The van der Waals surface area contributed by atoms with E-state index in [2.05, 4.69) is 0 Å². The summed E-state index contributed by atoms with van der Waals surface area (Å²) >= 11 is 6.20. The molecule has 1 aromatic heterocycles. The molecule has 0 atom stereocenters. The Morgan fingerprint density at radius 2 is 1.96 bits per heavy atom. The standard InChI is InChI=1S/C18H13ClO5/c1-23-18-15(22)12-7-4-5-10(9-14(20)21)16(12)24-17(18)11-6-2-3-8-13(11)19/h2-8H,9H2,1H3,(H,20,21). The second-order valence-corrected chi connectivity index (χ2v) is 5.54. The van der Waals surface area contributed by atoms with E-state index >= 15 is 0 Å². The number of hydrogen-bond donors (Lipinski definition) is 1. The fourth-order valence-electron chi connectivity index (χ4n) is 2.57. The first-order valence-corrected chi connectivity index (χ1v) is 7.50. The summed E-state index contributed by atoms with van der Waals surface area (Å²) in [5, 5.41) is 9.72. The number of hydrogen-bond acceptors (Lipinski definition) is 4. The molecule has 3 aromatic rings. The van der Waals surface area contributed by atoms with Crippen LogP contribution in [0, 0.1) is 0 Å². The number of methoxy groups -OCH3 is 1. The fourth-order valence-corrected chi connectivity index (χ4v) is 2.79. The maximum atomic E-state index is 12.7. The van der Waals surface area contributed by atoms with Crippen molar-refractivity contribution in [1.29, 1.82) is 0 Å². The summed E-state index contributed by atoms with van der Waals surface area (Å²) in [4.78, 5) is 23.8. The molecule has 0 aliphatic rings. The summed E-state index contributed by atoms with van der Waals surface area (Å²) in [6.07, 6.45) is -0.255. The molecular formula is C18H13ClO5. The van der Waals surface area contributed by atoms with E-state index in [0.717, 1.165) is 0 Å².